The molecule has 0 aliphatic heterocycles. The molecule has 188 valence electrons. The Balaban J connectivity index is 1.40. The number of rotatable bonds is 12. The van der Waals surface area contributed by atoms with E-state index in [1.165, 1.54) is 12.1 Å². The lowest BCUT2D eigenvalue weighted by molar-refractivity contribution is -0.145. The molecule has 1 amide bonds. The second-order valence-corrected chi connectivity index (χ2v) is 9.44. The topological polar surface area (TPSA) is 171 Å². The van der Waals surface area contributed by atoms with Crippen molar-refractivity contribution < 1.29 is 22.7 Å². The molecular formula is C23H25N7O5S. The molecule has 4 aromatic rings. The van der Waals surface area contributed by atoms with Crippen LogP contribution in [0, 0.1) is 0 Å². The Kier molecular flexibility index (Phi) is 7.92. The average molecular weight is 512 g/mol. The molecule has 0 spiro atoms. The van der Waals surface area contributed by atoms with Gasteiger partial charge >= 0.3 is 5.97 Å². The number of amides is 1. The van der Waals surface area contributed by atoms with Crippen LogP contribution in [0.1, 0.15) is 16.8 Å². The molecule has 2 aromatic heterocycles. The number of hydrogen-bond acceptors (Lipinski definition) is 8. The molecule has 1 atom stereocenters. The van der Waals surface area contributed by atoms with Gasteiger partial charge < -0.3 is 20.4 Å². The van der Waals surface area contributed by atoms with Crippen molar-refractivity contribution in [3.63, 3.8) is 0 Å². The fraction of sp³-hybridized carbons (Fsp3) is 0.217. The molecule has 0 aliphatic rings. The number of benzene rings is 2. The Morgan fingerprint density at radius 1 is 1.08 bits per heavy atom. The van der Waals surface area contributed by atoms with Crippen molar-refractivity contribution in [2.24, 2.45) is 0 Å². The Bertz CT molecular complexity index is 1410. The standard InChI is InChI=1S/C23H25N7O5S/c31-21(18-9-4-6-16-14-28-29-20(16)18)27-15-19(30-36(33,34)17-7-2-1-3-8-17)22(32)35-13-5-10-24-23-25-11-12-26-23/h1-4,6-9,11-12,14,19,30H,5,10,13,15H2,(H,27,31)(H,28,29)(H2,24,25,26). The highest BCUT2D eigenvalue weighted by molar-refractivity contribution is 7.89. The molecular weight excluding hydrogens is 486 g/mol. The number of nitrogens with zero attached hydrogens (tertiary/aromatic N) is 2. The van der Waals surface area contributed by atoms with Gasteiger partial charge in [0, 0.05) is 30.9 Å². The molecule has 0 saturated carbocycles. The third-order valence-corrected chi connectivity index (χ3v) is 6.67. The molecule has 0 fully saturated rings. The first-order valence-electron chi connectivity index (χ1n) is 11.1. The highest BCUT2D eigenvalue weighted by Crippen LogP contribution is 2.15. The predicted molar refractivity (Wildman–Crippen MR) is 132 cm³/mol. The number of H-pyrrole nitrogens is 2. The third-order valence-electron chi connectivity index (χ3n) is 5.18. The van der Waals surface area contributed by atoms with Crippen molar-refractivity contribution >= 4 is 38.8 Å². The number of carbonyl (C=O) groups is 2. The quantitative estimate of drug-likeness (QED) is 0.140. The van der Waals surface area contributed by atoms with Gasteiger partial charge in [0.15, 0.2) is 5.95 Å². The van der Waals surface area contributed by atoms with E-state index in [4.69, 9.17) is 4.74 Å². The molecule has 36 heavy (non-hydrogen) atoms. The zero-order valence-electron chi connectivity index (χ0n) is 19.1. The minimum atomic E-state index is -4.05. The number of nitrogens with one attached hydrogen (secondary N) is 5. The number of aromatic nitrogens is 4. The van der Waals surface area contributed by atoms with Gasteiger partial charge in [-0.15, -0.1) is 0 Å². The van der Waals surface area contributed by atoms with E-state index in [9.17, 15) is 18.0 Å². The molecule has 12 nitrogen and oxygen atoms in total. The van der Waals surface area contributed by atoms with E-state index in [0.29, 0.717) is 30.0 Å². The molecule has 5 N–H and O–H groups in total. The van der Waals surface area contributed by atoms with Crippen molar-refractivity contribution in [1.82, 2.24) is 30.2 Å². The summed E-state index contributed by atoms with van der Waals surface area (Å²) < 4.78 is 33.3. The zero-order chi connectivity index (χ0) is 25.4. The molecule has 2 heterocycles. The van der Waals surface area contributed by atoms with Gasteiger partial charge in [-0.2, -0.15) is 9.82 Å². The van der Waals surface area contributed by atoms with E-state index >= 15 is 0 Å². The minimum Gasteiger partial charge on any atom is -0.464 e. The summed E-state index contributed by atoms with van der Waals surface area (Å²) in [4.78, 5) is 32.5. The van der Waals surface area contributed by atoms with Gasteiger partial charge in [0.05, 0.1) is 28.8 Å². The Morgan fingerprint density at radius 3 is 2.69 bits per heavy atom. The second-order valence-electron chi connectivity index (χ2n) is 7.72. The number of para-hydroxylation sites is 1. The predicted octanol–water partition coefficient (Wildman–Crippen LogP) is 1.41. The number of anilines is 1. The molecule has 1 unspecified atom stereocenters. The largest absolute Gasteiger partial charge is 0.464 e. The van der Waals surface area contributed by atoms with Crippen LogP contribution in [0.5, 0.6) is 0 Å². The van der Waals surface area contributed by atoms with Crippen molar-refractivity contribution in [3.05, 3.63) is 72.7 Å². The van der Waals surface area contributed by atoms with Gasteiger partial charge in [-0.1, -0.05) is 30.3 Å². The van der Waals surface area contributed by atoms with E-state index in [-0.39, 0.29) is 18.0 Å². The number of aromatic amines is 2. The highest BCUT2D eigenvalue weighted by Gasteiger charge is 2.28. The maximum absolute atomic E-state index is 12.8. The van der Waals surface area contributed by atoms with E-state index in [0.717, 1.165) is 5.39 Å². The molecule has 0 bridgehead atoms. The highest BCUT2D eigenvalue weighted by atomic mass is 32.2. The van der Waals surface area contributed by atoms with Gasteiger partial charge in [0.25, 0.3) is 5.91 Å². The van der Waals surface area contributed by atoms with Gasteiger partial charge in [-0.25, -0.2) is 13.4 Å². The summed E-state index contributed by atoms with van der Waals surface area (Å²) in [5, 5.41) is 13.1. The number of sulfonamides is 1. The minimum absolute atomic E-state index is 0.0148. The van der Waals surface area contributed by atoms with E-state index < -0.39 is 27.9 Å². The van der Waals surface area contributed by atoms with Crippen LogP contribution < -0.4 is 15.4 Å². The summed E-state index contributed by atoms with van der Waals surface area (Å²) >= 11 is 0. The lowest BCUT2D eigenvalue weighted by atomic mass is 10.1. The molecule has 0 aliphatic carbocycles. The first-order valence-corrected chi connectivity index (χ1v) is 12.6. The van der Waals surface area contributed by atoms with Crippen LogP contribution in [-0.2, 0) is 19.6 Å². The fourth-order valence-corrected chi connectivity index (χ4v) is 4.60. The molecule has 0 saturated heterocycles. The number of esters is 1. The van der Waals surface area contributed by atoms with Gasteiger partial charge in [-0.3, -0.25) is 14.7 Å². The summed E-state index contributed by atoms with van der Waals surface area (Å²) in [6, 6.07) is 11.4. The first kappa shape index (κ1) is 24.9. The zero-order valence-corrected chi connectivity index (χ0v) is 19.9. The van der Waals surface area contributed by atoms with Crippen LogP contribution in [0.3, 0.4) is 0 Å². The molecule has 0 radical (unpaired) electrons. The number of fused-ring (bicyclic) bond motifs is 1. The van der Waals surface area contributed by atoms with E-state index in [2.05, 4.69) is 35.5 Å². The summed E-state index contributed by atoms with van der Waals surface area (Å²) in [6.07, 6.45) is 5.32. The summed E-state index contributed by atoms with van der Waals surface area (Å²) in [5.74, 6) is -0.721. The maximum atomic E-state index is 12.8. The molecule has 2 aromatic carbocycles. The SMILES string of the molecule is O=C(NCC(NS(=O)(=O)c1ccccc1)C(=O)OCCCNc1ncc[nH]1)c1cccc2cn[nH]c12. The van der Waals surface area contributed by atoms with E-state index in [1.54, 1.807) is 55.0 Å². The second kappa shape index (κ2) is 11.5. The number of hydrogen-bond donors (Lipinski definition) is 5. The van der Waals surface area contributed by atoms with Gasteiger partial charge in [0.1, 0.15) is 6.04 Å². The summed E-state index contributed by atoms with van der Waals surface area (Å²) in [7, 11) is -4.05. The molecule has 4 rings (SSSR count). The molecule has 13 heteroatoms. The van der Waals surface area contributed by atoms with Crippen LogP contribution in [0.2, 0.25) is 0 Å². The van der Waals surface area contributed by atoms with Crippen LogP contribution in [0.4, 0.5) is 5.95 Å². The van der Waals surface area contributed by atoms with Crippen LogP contribution >= 0.6 is 0 Å². The summed E-state index contributed by atoms with van der Waals surface area (Å²) in [6.45, 7) is 0.197. The lowest BCUT2D eigenvalue weighted by Crippen LogP contribution is -2.49. The lowest BCUT2D eigenvalue weighted by Gasteiger charge is -2.18. The fourth-order valence-electron chi connectivity index (χ4n) is 3.39. The van der Waals surface area contributed by atoms with Crippen molar-refractivity contribution in [3.8, 4) is 0 Å². The maximum Gasteiger partial charge on any atom is 0.326 e. The van der Waals surface area contributed by atoms with Gasteiger partial charge in [0.2, 0.25) is 10.0 Å². The van der Waals surface area contributed by atoms with Crippen molar-refractivity contribution in [2.75, 3.05) is 25.0 Å². The smallest absolute Gasteiger partial charge is 0.326 e. The van der Waals surface area contributed by atoms with Crippen LogP contribution in [-0.4, -0.2) is 66.2 Å². The van der Waals surface area contributed by atoms with Crippen LogP contribution in [0.15, 0.2) is 72.0 Å². The van der Waals surface area contributed by atoms with Crippen molar-refractivity contribution in [1.29, 1.82) is 0 Å². The normalized spacial score (nSPS) is 12.2. The number of carbonyl (C=O) groups excluding carboxylic acids is 2. The Hall–Kier alpha value is -4.23. The Labute approximate surface area is 206 Å². The summed E-state index contributed by atoms with van der Waals surface area (Å²) in [5.41, 5.74) is 0.843. The Morgan fingerprint density at radius 2 is 1.92 bits per heavy atom. The van der Waals surface area contributed by atoms with Crippen molar-refractivity contribution in [2.45, 2.75) is 17.4 Å². The van der Waals surface area contributed by atoms with Crippen LogP contribution in [0.25, 0.3) is 10.9 Å². The third kappa shape index (κ3) is 6.25. The number of ether oxygens (including phenoxy) is 1. The first-order chi connectivity index (χ1) is 17.4. The van der Waals surface area contributed by atoms with Gasteiger partial charge in [-0.05, 0) is 24.6 Å². The van der Waals surface area contributed by atoms with E-state index in [1.807, 2.05) is 0 Å². The average Bonchev–Trinajstić information content (AvgIpc) is 3.58. The monoisotopic (exact) mass is 511 g/mol. The number of imidazole rings is 1.